The van der Waals surface area contributed by atoms with Crippen molar-refractivity contribution < 1.29 is 19.1 Å². The van der Waals surface area contributed by atoms with Crippen molar-refractivity contribution in [1.82, 2.24) is 4.90 Å². The molecule has 1 fully saturated rings. The van der Waals surface area contributed by atoms with Crippen molar-refractivity contribution in [2.45, 2.75) is 58.4 Å². The molecular weight excluding hydrogens is 452 g/mol. The molecule has 0 aliphatic carbocycles. The maximum atomic E-state index is 12.6. The molecule has 1 amide bonds. The molecule has 0 spiro atoms. The Morgan fingerprint density at radius 2 is 1.44 bits per heavy atom. The van der Waals surface area contributed by atoms with Gasteiger partial charge in [-0.15, -0.1) is 0 Å². The highest BCUT2D eigenvalue weighted by Crippen LogP contribution is 2.30. The van der Waals surface area contributed by atoms with Crippen molar-refractivity contribution in [3.8, 4) is 11.5 Å². The molecule has 36 heavy (non-hydrogen) atoms. The predicted octanol–water partition coefficient (Wildman–Crippen LogP) is 5.98. The average molecular weight is 487 g/mol. The molecule has 1 saturated heterocycles. The van der Waals surface area contributed by atoms with Crippen LogP contribution in [0.4, 0.5) is 0 Å². The number of likely N-dealkylation sites (tertiary alicyclic amines) is 1. The van der Waals surface area contributed by atoms with Crippen LogP contribution >= 0.6 is 0 Å². The van der Waals surface area contributed by atoms with E-state index in [9.17, 15) is 4.79 Å². The van der Waals surface area contributed by atoms with Crippen molar-refractivity contribution in [2.24, 2.45) is 5.16 Å². The van der Waals surface area contributed by atoms with Crippen molar-refractivity contribution in [3.05, 3.63) is 95.6 Å². The Balaban J connectivity index is 1.39. The molecule has 0 radical (unpaired) electrons. The van der Waals surface area contributed by atoms with E-state index in [1.807, 2.05) is 83.8 Å². The van der Waals surface area contributed by atoms with Gasteiger partial charge in [0.25, 0.3) is 5.91 Å². The van der Waals surface area contributed by atoms with Crippen molar-refractivity contribution in [1.29, 1.82) is 0 Å². The third-order valence-corrected chi connectivity index (χ3v) is 6.39. The standard InChI is InChI=1S/C30H34N2O4/c1-23-10-9-11-24(2)32(23)30(33)22-36-31-19-27-16-17-28(34-20-25-12-5-3-6-13-25)29(18-27)35-21-26-14-7-4-8-15-26/h3-8,12-19,23-24H,9-11,20-22H2,1-2H3. The van der Waals surface area contributed by atoms with Crippen LogP contribution in [0.1, 0.15) is 49.8 Å². The molecule has 3 aromatic carbocycles. The summed E-state index contributed by atoms with van der Waals surface area (Å²) in [5.74, 6) is 1.24. The van der Waals surface area contributed by atoms with Gasteiger partial charge >= 0.3 is 0 Å². The summed E-state index contributed by atoms with van der Waals surface area (Å²) in [5.41, 5.74) is 2.93. The Hall–Kier alpha value is -3.80. The Bertz CT molecular complexity index is 1120. The Morgan fingerprint density at radius 3 is 2.06 bits per heavy atom. The molecule has 4 rings (SSSR count). The summed E-state index contributed by atoms with van der Waals surface area (Å²) in [5, 5.41) is 4.04. The van der Waals surface area contributed by atoms with E-state index in [1.165, 1.54) is 0 Å². The van der Waals surface area contributed by atoms with E-state index >= 15 is 0 Å². The molecule has 6 nitrogen and oxygen atoms in total. The topological polar surface area (TPSA) is 60.4 Å². The first-order valence-corrected chi connectivity index (χ1v) is 12.5. The van der Waals surface area contributed by atoms with Gasteiger partial charge in [-0.2, -0.15) is 0 Å². The smallest absolute Gasteiger partial charge is 0.263 e. The number of amides is 1. The molecule has 0 bridgehead atoms. The van der Waals surface area contributed by atoms with E-state index in [2.05, 4.69) is 19.0 Å². The first-order valence-electron chi connectivity index (χ1n) is 12.5. The minimum absolute atomic E-state index is 0.0246. The molecule has 0 N–H and O–H groups in total. The summed E-state index contributed by atoms with van der Waals surface area (Å²) >= 11 is 0. The van der Waals surface area contributed by atoms with Crippen LogP contribution in [0, 0.1) is 0 Å². The summed E-state index contributed by atoms with van der Waals surface area (Å²) in [4.78, 5) is 19.9. The van der Waals surface area contributed by atoms with Crippen molar-refractivity contribution >= 4 is 12.1 Å². The van der Waals surface area contributed by atoms with E-state index in [1.54, 1.807) is 6.21 Å². The Kier molecular flexibility index (Phi) is 8.98. The summed E-state index contributed by atoms with van der Waals surface area (Å²) in [6.45, 7) is 4.97. The molecule has 1 heterocycles. The van der Waals surface area contributed by atoms with E-state index in [4.69, 9.17) is 14.3 Å². The number of piperidine rings is 1. The highest BCUT2D eigenvalue weighted by atomic mass is 16.6. The monoisotopic (exact) mass is 486 g/mol. The summed E-state index contributed by atoms with van der Waals surface area (Å²) in [6, 6.07) is 26.1. The number of ether oxygens (including phenoxy) is 2. The van der Waals surface area contributed by atoms with Gasteiger partial charge < -0.3 is 19.2 Å². The zero-order valence-electron chi connectivity index (χ0n) is 21.0. The molecule has 2 atom stereocenters. The van der Waals surface area contributed by atoms with Crippen LogP contribution in [-0.4, -0.2) is 35.7 Å². The SMILES string of the molecule is CC1CCCC(C)N1C(=O)CON=Cc1ccc(OCc2ccccc2)c(OCc2ccccc2)c1. The van der Waals surface area contributed by atoms with Crippen molar-refractivity contribution in [3.63, 3.8) is 0 Å². The molecule has 1 aliphatic rings. The fraction of sp³-hybridized carbons (Fsp3) is 0.333. The van der Waals surface area contributed by atoms with Gasteiger partial charge in [-0.3, -0.25) is 4.79 Å². The highest BCUT2D eigenvalue weighted by Gasteiger charge is 2.28. The van der Waals surface area contributed by atoms with Gasteiger partial charge in [0.15, 0.2) is 18.1 Å². The zero-order chi connectivity index (χ0) is 25.2. The molecule has 0 saturated carbocycles. The van der Waals surface area contributed by atoms with Crippen LogP contribution in [0.2, 0.25) is 0 Å². The van der Waals surface area contributed by atoms with E-state index in [-0.39, 0.29) is 24.6 Å². The van der Waals surface area contributed by atoms with Gasteiger partial charge in [-0.25, -0.2) is 0 Å². The van der Waals surface area contributed by atoms with Gasteiger partial charge in [0, 0.05) is 17.6 Å². The third kappa shape index (κ3) is 7.11. The number of rotatable bonds is 10. The molecular formula is C30H34N2O4. The quantitative estimate of drug-likeness (QED) is 0.261. The van der Waals surface area contributed by atoms with E-state index in [0.717, 1.165) is 36.0 Å². The largest absolute Gasteiger partial charge is 0.485 e. The lowest BCUT2D eigenvalue weighted by molar-refractivity contribution is -0.142. The lowest BCUT2D eigenvalue weighted by Crippen LogP contribution is -2.48. The average Bonchev–Trinajstić information content (AvgIpc) is 2.90. The Labute approximate surface area is 213 Å². The summed E-state index contributed by atoms with van der Waals surface area (Å²) < 4.78 is 12.2. The first-order chi connectivity index (χ1) is 17.6. The second kappa shape index (κ2) is 12.8. The zero-order valence-corrected chi connectivity index (χ0v) is 21.0. The van der Waals surface area contributed by atoms with Crippen LogP contribution in [-0.2, 0) is 22.8 Å². The fourth-order valence-electron chi connectivity index (χ4n) is 4.49. The second-order valence-corrected chi connectivity index (χ2v) is 9.19. The highest BCUT2D eigenvalue weighted by molar-refractivity contribution is 5.81. The summed E-state index contributed by atoms with van der Waals surface area (Å²) in [6.07, 6.45) is 4.81. The molecule has 188 valence electrons. The minimum atomic E-state index is -0.0686. The maximum Gasteiger partial charge on any atom is 0.263 e. The van der Waals surface area contributed by atoms with E-state index in [0.29, 0.717) is 24.7 Å². The minimum Gasteiger partial charge on any atom is -0.485 e. The van der Waals surface area contributed by atoms with E-state index < -0.39 is 0 Å². The summed E-state index contributed by atoms with van der Waals surface area (Å²) in [7, 11) is 0. The van der Waals surface area contributed by atoms with Gasteiger partial charge in [0.2, 0.25) is 0 Å². The normalized spacial score (nSPS) is 17.7. The predicted molar refractivity (Wildman–Crippen MR) is 141 cm³/mol. The van der Waals surface area contributed by atoms with Crippen LogP contribution in [0.3, 0.4) is 0 Å². The van der Waals surface area contributed by atoms with Gasteiger partial charge in [0.1, 0.15) is 13.2 Å². The number of benzene rings is 3. The lowest BCUT2D eigenvalue weighted by atomic mass is 9.97. The third-order valence-electron chi connectivity index (χ3n) is 6.39. The van der Waals surface area contributed by atoms with Gasteiger partial charge in [-0.1, -0.05) is 65.8 Å². The van der Waals surface area contributed by atoms with Crippen LogP contribution in [0.15, 0.2) is 84.0 Å². The number of carbonyl (C=O) groups is 1. The van der Waals surface area contributed by atoms with Crippen LogP contribution in [0.5, 0.6) is 11.5 Å². The first kappa shape index (κ1) is 25.3. The number of oxime groups is 1. The number of nitrogens with zero attached hydrogens (tertiary/aromatic N) is 2. The van der Waals surface area contributed by atoms with Gasteiger partial charge in [-0.05, 0) is 62.4 Å². The van der Waals surface area contributed by atoms with Crippen LogP contribution < -0.4 is 9.47 Å². The molecule has 3 aromatic rings. The number of hydrogen-bond acceptors (Lipinski definition) is 5. The molecule has 0 aromatic heterocycles. The Morgan fingerprint density at radius 1 is 0.861 bits per heavy atom. The molecule has 6 heteroatoms. The fourth-order valence-corrected chi connectivity index (χ4v) is 4.49. The van der Waals surface area contributed by atoms with Crippen LogP contribution in [0.25, 0.3) is 0 Å². The number of hydrogen-bond donors (Lipinski definition) is 0. The molecule has 2 unspecified atom stereocenters. The van der Waals surface area contributed by atoms with Crippen molar-refractivity contribution in [2.75, 3.05) is 6.61 Å². The molecule has 1 aliphatic heterocycles. The maximum absolute atomic E-state index is 12.6. The number of carbonyl (C=O) groups excluding carboxylic acids is 1. The van der Waals surface area contributed by atoms with Gasteiger partial charge in [0.05, 0.1) is 6.21 Å². The lowest BCUT2D eigenvalue weighted by Gasteiger charge is -2.38. The second-order valence-electron chi connectivity index (χ2n) is 9.19.